The lowest BCUT2D eigenvalue weighted by Crippen LogP contribution is -2.46. The Morgan fingerprint density at radius 1 is 1.00 bits per heavy atom. The van der Waals surface area contributed by atoms with Crippen LogP contribution in [0.1, 0.15) is 50.5 Å². The Morgan fingerprint density at radius 3 is 2.50 bits per heavy atom. The van der Waals surface area contributed by atoms with Crippen LogP contribution in [0.15, 0.2) is 58.8 Å². The highest BCUT2D eigenvalue weighted by atomic mass is 16.3. The number of anilines is 1. The number of carbonyl (C=O) groups is 1. The van der Waals surface area contributed by atoms with Crippen LogP contribution in [0.3, 0.4) is 0 Å². The van der Waals surface area contributed by atoms with E-state index in [0.717, 1.165) is 49.1 Å². The van der Waals surface area contributed by atoms with E-state index >= 15 is 0 Å². The number of fused-ring (bicyclic) bond motifs is 1. The number of benzene rings is 2. The van der Waals surface area contributed by atoms with Gasteiger partial charge in [0, 0.05) is 43.7 Å². The predicted molar refractivity (Wildman–Crippen MR) is 144 cm³/mol. The van der Waals surface area contributed by atoms with Crippen LogP contribution in [0.4, 0.5) is 11.4 Å². The van der Waals surface area contributed by atoms with Gasteiger partial charge in [0.1, 0.15) is 0 Å². The maximum atomic E-state index is 12.5. The molecule has 1 aliphatic heterocycles. The predicted octanol–water partition coefficient (Wildman–Crippen LogP) is 6.41. The van der Waals surface area contributed by atoms with Gasteiger partial charge in [-0.05, 0) is 43.5 Å². The number of rotatable bonds is 7. The van der Waals surface area contributed by atoms with E-state index in [1.165, 1.54) is 37.8 Å². The first-order chi connectivity index (χ1) is 17.6. The van der Waals surface area contributed by atoms with E-state index in [-0.39, 0.29) is 11.8 Å². The molecule has 3 aromatic rings. The summed E-state index contributed by atoms with van der Waals surface area (Å²) < 4.78 is 1.90. The molecule has 2 aromatic carbocycles. The molecule has 0 unspecified atom stereocenters. The molecule has 0 atom stereocenters. The average Bonchev–Trinajstić information content (AvgIpc) is 3.17. The normalized spacial score (nSPS) is 17.9. The van der Waals surface area contributed by atoms with Gasteiger partial charge in [0.2, 0.25) is 5.88 Å². The first-order valence-corrected chi connectivity index (χ1v) is 13.4. The van der Waals surface area contributed by atoms with Crippen LogP contribution in [-0.2, 0) is 11.5 Å². The van der Waals surface area contributed by atoms with E-state index in [1.54, 1.807) is 0 Å². The minimum atomic E-state index is -0.203. The largest absolute Gasteiger partial charge is 0.493 e. The SMILES string of the molecule is Cc1ccc2c(c1)c(N=NC(=O)CCC1CCCCC1)c(O)n2CN1CCN(c2ccccc2)CC1. The van der Waals surface area contributed by atoms with E-state index in [1.807, 2.05) is 35.8 Å². The van der Waals surface area contributed by atoms with Crippen molar-refractivity contribution >= 4 is 28.2 Å². The fourth-order valence-electron chi connectivity index (χ4n) is 5.62. The lowest BCUT2D eigenvalue weighted by Gasteiger charge is -2.36. The Kier molecular flexibility index (Phi) is 7.66. The quantitative estimate of drug-likeness (QED) is 0.391. The molecule has 5 rings (SSSR count). The Balaban J connectivity index is 1.28. The maximum Gasteiger partial charge on any atom is 0.264 e. The molecule has 0 bridgehead atoms. The van der Waals surface area contributed by atoms with Crippen molar-refractivity contribution in [3.8, 4) is 5.88 Å². The highest BCUT2D eigenvalue weighted by molar-refractivity contribution is 5.95. The number of aryl methyl sites for hydroxylation is 1. The molecule has 1 aliphatic carbocycles. The van der Waals surface area contributed by atoms with Crippen LogP contribution in [0.2, 0.25) is 0 Å². The highest BCUT2D eigenvalue weighted by Gasteiger charge is 2.22. The smallest absolute Gasteiger partial charge is 0.264 e. The first kappa shape index (κ1) is 24.5. The summed E-state index contributed by atoms with van der Waals surface area (Å²) in [6.07, 6.45) is 7.62. The summed E-state index contributed by atoms with van der Waals surface area (Å²) in [5.74, 6) is 0.508. The topological polar surface area (TPSA) is 73.4 Å². The van der Waals surface area contributed by atoms with Crippen molar-refractivity contribution in [2.45, 2.75) is 58.5 Å². The molecule has 1 amide bonds. The summed E-state index contributed by atoms with van der Waals surface area (Å²) in [7, 11) is 0. The van der Waals surface area contributed by atoms with Crippen LogP contribution in [0.25, 0.3) is 10.9 Å². The number of nitrogens with zero attached hydrogens (tertiary/aromatic N) is 5. The first-order valence-electron chi connectivity index (χ1n) is 13.4. The zero-order valence-electron chi connectivity index (χ0n) is 21.3. The number of aromatic hydroxyl groups is 1. The van der Waals surface area contributed by atoms with Gasteiger partial charge < -0.3 is 10.0 Å². The van der Waals surface area contributed by atoms with Crippen molar-refractivity contribution in [1.29, 1.82) is 0 Å². The number of piperazine rings is 1. The zero-order chi connectivity index (χ0) is 24.9. The van der Waals surface area contributed by atoms with Crippen molar-refractivity contribution in [2.75, 3.05) is 31.1 Å². The Morgan fingerprint density at radius 2 is 1.75 bits per heavy atom. The summed E-state index contributed by atoms with van der Waals surface area (Å²) in [5.41, 5.74) is 3.63. The van der Waals surface area contributed by atoms with E-state index in [2.05, 4.69) is 44.3 Å². The van der Waals surface area contributed by atoms with E-state index in [0.29, 0.717) is 24.7 Å². The highest BCUT2D eigenvalue weighted by Crippen LogP contribution is 2.40. The van der Waals surface area contributed by atoms with E-state index < -0.39 is 0 Å². The van der Waals surface area contributed by atoms with Crippen molar-refractivity contribution in [3.63, 3.8) is 0 Å². The summed E-state index contributed by atoms with van der Waals surface area (Å²) >= 11 is 0. The molecule has 2 fully saturated rings. The van der Waals surface area contributed by atoms with Crippen molar-refractivity contribution in [2.24, 2.45) is 16.1 Å². The van der Waals surface area contributed by atoms with Gasteiger partial charge in [0.05, 0.1) is 12.2 Å². The van der Waals surface area contributed by atoms with Crippen LogP contribution < -0.4 is 4.90 Å². The van der Waals surface area contributed by atoms with Gasteiger partial charge in [-0.15, -0.1) is 10.2 Å². The molecule has 1 saturated heterocycles. The Labute approximate surface area is 213 Å². The molecule has 0 spiro atoms. The van der Waals surface area contributed by atoms with E-state index in [4.69, 9.17) is 0 Å². The fourth-order valence-corrected chi connectivity index (χ4v) is 5.62. The Hall–Kier alpha value is -3.19. The van der Waals surface area contributed by atoms with Crippen molar-refractivity contribution < 1.29 is 9.90 Å². The second-order valence-electron chi connectivity index (χ2n) is 10.3. The van der Waals surface area contributed by atoms with Crippen LogP contribution in [0, 0.1) is 12.8 Å². The van der Waals surface area contributed by atoms with Crippen LogP contribution in [-0.4, -0.2) is 46.7 Å². The molecular weight excluding hydrogens is 450 g/mol. The molecule has 7 heteroatoms. The number of azo groups is 1. The van der Waals surface area contributed by atoms with Gasteiger partial charge in [-0.2, -0.15) is 0 Å². The van der Waals surface area contributed by atoms with Crippen LogP contribution in [0.5, 0.6) is 5.88 Å². The monoisotopic (exact) mass is 487 g/mol. The average molecular weight is 488 g/mol. The van der Waals surface area contributed by atoms with Crippen molar-refractivity contribution in [1.82, 2.24) is 9.47 Å². The summed E-state index contributed by atoms with van der Waals surface area (Å²) in [5, 5.41) is 20.3. The molecular formula is C29H37N5O2. The fraction of sp³-hybridized carbons (Fsp3) is 0.483. The molecule has 190 valence electrons. The minimum Gasteiger partial charge on any atom is -0.493 e. The van der Waals surface area contributed by atoms with Crippen molar-refractivity contribution in [3.05, 3.63) is 54.1 Å². The molecule has 1 N–H and O–H groups in total. The van der Waals surface area contributed by atoms with Gasteiger partial charge in [0.15, 0.2) is 5.69 Å². The summed E-state index contributed by atoms with van der Waals surface area (Å²) in [6.45, 7) is 6.26. The third-order valence-electron chi connectivity index (χ3n) is 7.75. The molecule has 2 aliphatic rings. The number of hydrogen-bond donors (Lipinski definition) is 1. The lowest BCUT2D eigenvalue weighted by molar-refractivity contribution is -0.118. The zero-order valence-corrected chi connectivity index (χ0v) is 21.3. The standard InChI is InChI=1S/C29H37N5O2/c1-22-12-14-26-25(20-22)28(31-30-27(35)15-13-23-8-4-2-5-9-23)29(36)34(26)21-32-16-18-33(19-17-32)24-10-6-3-7-11-24/h3,6-7,10-12,14,20,23,36H,2,4-5,8-9,13,15-19,21H2,1H3. The van der Waals surface area contributed by atoms with Gasteiger partial charge in [-0.1, -0.05) is 61.9 Å². The molecule has 2 heterocycles. The summed E-state index contributed by atoms with van der Waals surface area (Å²) in [6, 6.07) is 16.6. The lowest BCUT2D eigenvalue weighted by atomic mass is 9.86. The summed E-state index contributed by atoms with van der Waals surface area (Å²) in [4.78, 5) is 17.2. The Bertz CT molecular complexity index is 1210. The molecule has 1 aromatic heterocycles. The second kappa shape index (κ2) is 11.2. The van der Waals surface area contributed by atoms with E-state index in [9.17, 15) is 9.90 Å². The second-order valence-corrected chi connectivity index (χ2v) is 10.3. The van der Waals surface area contributed by atoms with Gasteiger partial charge in [-0.25, -0.2) is 0 Å². The third-order valence-corrected chi connectivity index (χ3v) is 7.75. The number of aromatic nitrogens is 1. The van der Waals surface area contributed by atoms with Crippen LogP contribution >= 0.6 is 0 Å². The molecule has 1 saturated carbocycles. The molecule has 7 nitrogen and oxygen atoms in total. The maximum absolute atomic E-state index is 12.5. The molecule has 0 radical (unpaired) electrons. The number of amides is 1. The van der Waals surface area contributed by atoms with Gasteiger partial charge >= 0.3 is 0 Å². The van der Waals surface area contributed by atoms with Gasteiger partial charge in [0.25, 0.3) is 5.91 Å². The number of carbonyl (C=O) groups excluding carboxylic acids is 1. The number of hydrogen-bond acceptors (Lipinski definition) is 5. The minimum absolute atomic E-state index is 0.0740. The number of para-hydroxylation sites is 1. The van der Waals surface area contributed by atoms with Gasteiger partial charge in [-0.3, -0.25) is 14.3 Å². The molecule has 36 heavy (non-hydrogen) atoms. The third kappa shape index (κ3) is 5.62.